The van der Waals surface area contributed by atoms with E-state index in [1.165, 1.54) is 12.1 Å². The number of sulfone groups is 1. The molecule has 0 N–H and O–H groups in total. The number of benzene rings is 1. The third-order valence-corrected chi connectivity index (χ3v) is 3.14. The van der Waals surface area contributed by atoms with Crippen LogP contribution in [-0.4, -0.2) is 14.7 Å². The van der Waals surface area contributed by atoms with Crippen LogP contribution in [0.3, 0.4) is 0 Å². The van der Waals surface area contributed by atoms with E-state index in [9.17, 15) is 8.42 Å². The second-order valence-electron chi connectivity index (χ2n) is 3.22. The number of hydrogen-bond donors (Lipinski definition) is 0. The third kappa shape index (κ3) is 2.97. The molecule has 0 aromatic heterocycles. The van der Waals surface area contributed by atoms with Gasteiger partial charge >= 0.3 is 0 Å². The minimum absolute atomic E-state index is 0.263. The molecule has 0 aliphatic carbocycles. The van der Waals surface area contributed by atoms with Crippen LogP contribution in [0.2, 0.25) is 0 Å². The molecule has 15 heavy (non-hydrogen) atoms. The summed E-state index contributed by atoms with van der Waals surface area (Å²) in [6.45, 7) is 1.75. The monoisotopic (exact) mass is 225 g/mol. The normalized spacial score (nSPS) is 12.9. The first-order valence-electron chi connectivity index (χ1n) is 4.29. The van der Waals surface area contributed by atoms with E-state index in [1.54, 1.807) is 19.1 Å². The van der Waals surface area contributed by atoms with E-state index in [1.807, 2.05) is 0 Å². The number of azide groups is 1. The molecule has 1 aromatic carbocycles. The van der Waals surface area contributed by atoms with Crippen molar-refractivity contribution in [2.75, 3.05) is 6.26 Å². The predicted octanol–water partition coefficient (Wildman–Crippen LogP) is 2.46. The Kier molecular flexibility index (Phi) is 3.34. The number of rotatable bonds is 3. The Bertz CT molecular complexity index is 487. The van der Waals surface area contributed by atoms with Crippen molar-refractivity contribution in [3.05, 3.63) is 40.3 Å². The van der Waals surface area contributed by atoms with Crippen LogP contribution >= 0.6 is 0 Å². The van der Waals surface area contributed by atoms with Crippen molar-refractivity contribution in [2.24, 2.45) is 5.11 Å². The van der Waals surface area contributed by atoms with Gasteiger partial charge in [0.25, 0.3) is 0 Å². The smallest absolute Gasteiger partial charge is 0.175 e. The summed E-state index contributed by atoms with van der Waals surface area (Å²) < 4.78 is 22.3. The van der Waals surface area contributed by atoms with Crippen LogP contribution in [0, 0.1) is 0 Å². The van der Waals surface area contributed by atoms with Gasteiger partial charge in [0.05, 0.1) is 10.9 Å². The van der Waals surface area contributed by atoms with Gasteiger partial charge in [-0.05, 0) is 23.2 Å². The van der Waals surface area contributed by atoms with Crippen molar-refractivity contribution >= 4 is 9.84 Å². The van der Waals surface area contributed by atoms with E-state index in [2.05, 4.69) is 10.0 Å². The van der Waals surface area contributed by atoms with Crippen LogP contribution in [-0.2, 0) is 9.84 Å². The van der Waals surface area contributed by atoms with Crippen molar-refractivity contribution < 1.29 is 8.42 Å². The summed E-state index contributed by atoms with van der Waals surface area (Å²) >= 11 is 0. The molecule has 0 heterocycles. The molecule has 0 fully saturated rings. The summed E-state index contributed by atoms with van der Waals surface area (Å²) in [7, 11) is -3.16. The molecule has 1 aromatic rings. The average molecular weight is 225 g/mol. The van der Waals surface area contributed by atoms with Gasteiger partial charge in [0.1, 0.15) is 0 Å². The Morgan fingerprint density at radius 1 is 1.33 bits per heavy atom. The largest absolute Gasteiger partial charge is 0.224 e. The second kappa shape index (κ2) is 4.33. The molecule has 1 atom stereocenters. The maximum atomic E-state index is 11.2. The van der Waals surface area contributed by atoms with E-state index in [0.29, 0.717) is 0 Å². The maximum Gasteiger partial charge on any atom is 0.175 e. The zero-order chi connectivity index (χ0) is 11.5. The fourth-order valence-electron chi connectivity index (χ4n) is 1.14. The summed E-state index contributed by atoms with van der Waals surface area (Å²) in [6.07, 6.45) is 1.15. The summed E-state index contributed by atoms with van der Waals surface area (Å²) in [5, 5.41) is 3.52. The molecule has 0 saturated carbocycles. The lowest BCUT2D eigenvalue weighted by atomic mass is 10.1. The Balaban J connectivity index is 3.05. The molecule has 0 amide bonds. The summed E-state index contributed by atoms with van der Waals surface area (Å²) in [5.41, 5.74) is 9.04. The maximum absolute atomic E-state index is 11.2. The van der Waals surface area contributed by atoms with Gasteiger partial charge in [0, 0.05) is 11.2 Å². The Morgan fingerprint density at radius 3 is 2.27 bits per heavy atom. The van der Waals surface area contributed by atoms with Crippen molar-refractivity contribution in [3.63, 3.8) is 0 Å². The van der Waals surface area contributed by atoms with Gasteiger partial charge in [0.15, 0.2) is 9.84 Å². The quantitative estimate of drug-likeness (QED) is 0.449. The lowest BCUT2D eigenvalue weighted by Crippen LogP contribution is -1.97. The zero-order valence-corrected chi connectivity index (χ0v) is 9.27. The summed E-state index contributed by atoms with van der Waals surface area (Å²) in [4.78, 5) is 2.95. The van der Waals surface area contributed by atoms with Crippen LogP contribution in [0.25, 0.3) is 10.4 Å². The van der Waals surface area contributed by atoms with Crippen LogP contribution in [0.1, 0.15) is 18.5 Å². The molecule has 1 rings (SSSR count). The molecule has 0 spiro atoms. The van der Waals surface area contributed by atoms with E-state index in [-0.39, 0.29) is 10.9 Å². The average Bonchev–Trinajstić information content (AvgIpc) is 2.17. The first-order valence-corrected chi connectivity index (χ1v) is 6.18. The van der Waals surface area contributed by atoms with E-state index in [0.717, 1.165) is 11.8 Å². The molecular formula is C9H11N3O2S. The fourth-order valence-corrected chi connectivity index (χ4v) is 1.77. The highest BCUT2D eigenvalue weighted by atomic mass is 32.2. The van der Waals surface area contributed by atoms with Gasteiger partial charge in [-0.25, -0.2) is 8.42 Å². The van der Waals surface area contributed by atoms with Crippen molar-refractivity contribution in [1.29, 1.82) is 0 Å². The second-order valence-corrected chi connectivity index (χ2v) is 5.24. The highest BCUT2D eigenvalue weighted by Gasteiger charge is 2.08. The van der Waals surface area contributed by atoms with Gasteiger partial charge in [-0.1, -0.05) is 24.2 Å². The Hall–Kier alpha value is -1.52. The van der Waals surface area contributed by atoms with Gasteiger partial charge in [0.2, 0.25) is 0 Å². The Morgan fingerprint density at radius 2 is 1.87 bits per heavy atom. The van der Waals surface area contributed by atoms with Crippen molar-refractivity contribution in [1.82, 2.24) is 0 Å². The summed E-state index contributed by atoms with van der Waals surface area (Å²) in [6, 6.07) is 6.02. The topological polar surface area (TPSA) is 82.9 Å². The van der Waals surface area contributed by atoms with E-state index in [4.69, 9.17) is 5.53 Å². The van der Waals surface area contributed by atoms with Gasteiger partial charge in [-0.15, -0.1) is 0 Å². The molecule has 80 valence electrons. The fraction of sp³-hybridized carbons (Fsp3) is 0.333. The first-order chi connectivity index (χ1) is 6.95. The van der Waals surface area contributed by atoms with Crippen molar-refractivity contribution in [3.8, 4) is 0 Å². The van der Waals surface area contributed by atoms with Gasteiger partial charge < -0.3 is 0 Å². The number of nitrogens with zero attached hydrogens (tertiary/aromatic N) is 3. The zero-order valence-electron chi connectivity index (χ0n) is 8.45. The number of hydrogen-bond acceptors (Lipinski definition) is 3. The van der Waals surface area contributed by atoms with Crippen LogP contribution in [0.15, 0.2) is 34.3 Å². The van der Waals surface area contributed by atoms with Crippen LogP contribution < -0.4 is 0 Å². The van der Waals surface area contributed by atoms with E-state index < -0.39 is 9.84 Å². The highest BCUT2D eigenvalue weighted by molar-refractivity contribution is 7.90. The molecule has 6 heteroatoms. The van der Waals surface area contributed by atoms with Crippen LogP contribution in [0.4, 0.5) is 0 Å². The lowest BCUT2D eigenvalue weighted by molar-refractivity contribution is 0.602. The molecule has 0 saturated heterocycles. The molecule has 0 aliphatic rings. The summed E-state index contributed by atoms with van der Waals surface area (Å²) in [5.74, 6) is 0. The molecule has 0 unspecified atom stereocenters. The lowest BCUT2D eigenvalue weighted by Gasteiger charge is -2.05. The standard InChI is InChI=1S/C9H11N3O2S/c1-7(11-12-10)8-3-5-9(6-4-8)15(2,13)14/h3-7H,1-2H3/t7-/m0/s1. The predicted molar refractivity (Wildman–Crippen MR) is 57.1 cm³/mol. The highest BCUT2D eigenvalue weighted by Crippen LogP contribution is 2.18. The first kappa shape index (κ1) is 11.6. The molecular weight excluding hydrogens is 214 g/mol. The van der Waals surface area contributed by atoms with Crippen molar-refractivity contribution in [2.45, 2.75) is 17.9 Å². The van der Waals surface area contributed by atoms with Gasteiger partial charge in [-0.2, -0.15) is 0 Å². The molecule has 0 radical (unpaired) electrons. The molecule has 0 aliphatic heterocycles. The SMILES string of the molecule is C[C@H](N=[N+]=[N-])c1ccc(S(C)(=O)=O)cc1. The van der Waals surface area contributed by atoms with Crippen LogP contribution in [0.5, 0.6) is 0 Å². The molecule has 0 bridgehead atoms. The molecule has 5 nitrogen and oxygen atoms in total. The van der Waals surface area contributed by atoms with E-state index >= 15 is 0 Å². The Labute approximate surface area is 88.3 Å². The van der Waals surface area contributed by atoms with Gasteiger partial charge in [-0.3, -0.25) is 0 Å². The minimum atomic E-state index is -3.16. The minimum Gasteiger partial charge on any atom is -0.224 e. The third-order valence-electron chi connectivity index (χ3n) is 2.02.